The van der Waals surface area contributed by atoms with Gasteiger partial charge in [0.15, 0.2) is 0 Å². The molecule has 0 bridgehead atoms. The van der Waals surface area contributed by atoms with Gasteiger partial charge in [0.05, 0.1) is 16.5 Å². The number of hydrogen-bond acceptors (Lipinski definition) is 4. The summed E-state index contributed by atoms with van der Waals surface area (Å²) in [7, 11) is -4.15. The summed E-state index contributed by atoms with van der Waals surface area (Å²) in [6.07, 6.45) is 0. The summed E-state index contributed by atoms with van der Waals surface area (Å²) in [6.45, 7) is 0.212. The van der Waals surface area contributed by atoms with Gasteiger partial charge in [0.25, 0.3) is 10.0 Å². The number of rotatable bonds is 5. The maximum Gasteiger partial charge on any atom is 0.284 e. The van der Waals surface area contributed by atoms with Crippen LogP contribution >= 0.6 is 34.8 Å². The largest absolute Gasteiger partial charge is 0.385 e. The molecule has 3 aromatic rings. The summed E-state index contributed by atoms with van der Waals surface area (Å²) in [6, 6.07) is 15.6. The van der Waals surface area contributed by atoms with Crippen LogP contribution in [-0.4, -0.2) is 32.7 Å². The molecule has 0 spiro atoms. The number of nitrogens with two attached hydrogens (primary N) is 1. The van der Waals surface area contributed by atoms with Crippen LogP contribution in [0.3, 0.4) is 0 Å². The van der Waals surface area contributed by atoms with Crippen LogP contribution in [0, 0.1) is 5.82 Å². The van der Waals surface area contributed by atoms with Crippen LogP contribution in [0.1, 0.15) is 5.56 Å². The van der Waals surface area contributed by atoms with Crippen molar-refractivity contribution in [2.75, 3.05) is 11.4 Å². The van der Waals surface area contributed by atoms with Gasteiger partial charge in [0.2, 0.25) is 0 Å². The fraction of sp³-hybridized carbons (Fsp3) is 0.0909. The van der Waals surface area contributed by atoms with Gasteiger partial charge in [-0.05, 0) is 66.7 Å². The van der Waals surface area contributed by atoms with Crippen molar-refractivity contribution in [3.8, 4) is 0 Å². The quantitative estimate of drug-likeness (QED) is 0.368. The molecule has 4 rings (SSSR count). The first kappa shape index (κ1) is 23.5. The molecule has 1 heterocycles. The van der Waals surface area contributed by atoms with E-state index >= 15 is 0 Å². The number of halogens is 4. The Labute approximate surface area is 205 Å². The lowest BCUT2D eigenvalue weighted by Crippen LogP contribution is -2.35. The molecule has 0 aliphatic carbocycles. The van der Waals surface area contributed by atoms with Crippen molar-refractivity contribution in [2.24, 2.45) is 15.1 Å². The predicted octanol–water partition coefficient (Wildman–Crippen LogP) is 5.17. The second kappa shape index (κ2) is 9.30. The van der Waals surface area contributed by atoms with Gasteiger partial charge in [-0.2, -0.15) is 8.42 Å². The Morgan fingerprint density at radius 1 is 1.00 bits per heavy atom. The second-order valence-corrected chi connectivity index (χ2v) is 10.0. The van der Waals surface area contributed by atoms with E-state index in [0.717, 1.165) is 30.0 Å². The van der Waals surface area contributed by atoms with E-state index in [-0.39, 0.29) is 17.3 Å². The van der Waals surface area contributed by atoms with E-state index in [1.807, 2.05) is 4.90 Å². The molecule has 3 aromatic carbocycles. The molecule has 33 heavy (non-hydrogen) atoms. The summed E-state index contributed by atoms with van der Waals surface area (Å²) >= 11 is 18.5. The van der Waals surface area contributed by atoms with E-state index in [0.29, 0.717) is 26.5 Å². The minimum Gasteiger partial charge on any atom is -0.385 e. The molecule has 1 unspecified atom stereocenters. The van der Waals surface area contributed by atoms with Crippen molar-refractivity contribution in [1.82, 2.24) is 0 Å². The van der Waals surface area contributed by atoms with Gasteiger partial charge in [0, 0.05) is 21.3 Å². The summed E-state index contributed by atoms with van der Waals surface area (Å²) < 4.78 is 42.2. The number of benzene rings is 3. The second-order valence-electron chi connectivity index (χ2n) is 7.12. The number of nitrogens with zero attached hydrogens (tertiary/aromatic N) is 3. The molecule has 0 radical (unpaired) electrons. The predicted molar refractivity (Wildman–Crippen MR) is 131 cm³/mol. The van der Waals surface area contributed by atoms with E-state index in [2.05, 4.69) is 9.39 Å². The zero-order valence-corrected chi connectivity index (χ0v) is 19.9. The third-order valence-corrected chi connectivity index (χ3v) is 7.00. The Hall–Kier alpha value is -2.65. The molecule has 1 aliphatic heterocycles. The number of hydrogen-bond donors (Lipinski definition) is 1. The molecular formula is C22H16Cl3FN4O2S. The molecule has 6 nitrogen and oxygen atoms in total. The highest BCUT2D eigenvalue weighted by molar-refractivity contribution is 7.90. The zero-order valence-electron chi connectivity index (χ0n) is 16.8. The number of anilines is 1. The highest BCUT2D eigenvalue weighted by atomic mass is 35.5. The zero-order chi connectivity index (χ0) is 23.8. The van der Waals surface area contributed by atoms with E-state index in [9.17, 15) is 12.8 Å². The van der Waals surface area contributed by atoms with Crippen molar-refractivity contribution in [3.63, 3.8) is 0 Å². The summed E-state index contributed by atoms with van der Waals surface area (Å²) in [5, 5.41) is 1.39. The van der Waals surface area contributed by atoms with Crippen molar-refractivity contribution in [3.05, 3.63) is 93.2 Å². The molecule has 1 aliphatic rings. The maximum atomic E-state index is 13.2. The molecule has 0 saturated carbocycles. The van der Waals surface area contributed by atoms with Crippen molar-refractivity contribution >= 4 is 62.2 Å². The lowest BCUT2D eigenvalue weighted by Gasteiger charge is -2.22. The first-order valence-electron chi connectivity index (χ1n) is 9.56. The summed E-state index contributed by atoms with van der Waals surface area (Å²) in [5.41, 5.74) is 7.43. The third-order valence-electron chi connectivity index (χ3n) is 4.88. The number of sulfonamides is 1. The van der Waals surface area contributed by atoms with E-state index in [4.69, 9.17) is 40.5 Å². The van der Waals surface area contributed by atoms with Gasteiger partial charge < -0.3 is 10.6 Å². The minimum atomic E-state index is -4.15. The Bertz CT molecular complexity index is 1360. The van der Waals surface area contributed by atoms with Crippen LogP contribution < -0.4 is 10.6 Å². The Morgan fingerprint density at radius 2 is 1.64 bits per heavy atom. The molecule has 0 aromatic heterocycles. The monoisotopic (exact) mass is 524 g/mol. The Balaban J connectivity index is 1.74. The van der Waals surface area contributed by atoms with Gasteiger partial charge >= 0.3 is 0 Å². The third kappa shape index (κ3) is 5.14. The van der Waals surface area contributed by atoms with Gasteiger partial charge in [0.1, 0.15) is 23.5 Å². The van der Waals surface area contributed by atoms with Crippen LogP contribution in [0.4, 0.5) is 10.1 Å². The summed E-state index contributed by atoms with van der Waals surface area (Å²) in [5.74, 6) is -0.297. The van der Waals surface area contributed by atoms with Crippen LogP contribution in [-0.2, 0) is 10.0 Å². The molecule has 170 valence electrons. The number of aliphatic imine (C=N–C) groups is 1. The van der Waals surface area contributed by atoms with E-state index in [1.165, 1.54) is 0 Å². The standard InChI is InChI=1S/C22H16Cl3FN4O2S/c23-13-1-6-16(7-2-13)30-12-20(28-22(30)18-10-3-14(24)11-19(18)25)21(27)29-33(31,32)17-8-4-15(26)5-9-17/h1-11,20H,12H2,(H2,27,29). The molecule has 1 atom stereocenters. The smallest absolute Gasteiger partial charge is 0.284 e. The van der Waals surface area contributed by atoms with Gasteiger partial charge in [-0.15, -0.1) is 4.40 Å². The fourth-order valence-electron chi connectivity index (χ4n) is 3.27. The van der Waals surface area contributed by atoms with E-state index < -0.39 is 21.9 Å². The molecule has 0 saturated heterocycles. The molecular weight excluding hydrogens is 510 g/mol. The molecule has 11 heteroatoms. The van der Waals surface area contributed by atoms with Gasteiger partial charge in [-0.3, -0.25) is 4.99 Å². The number of amidine groups is 2. The first-order chi connectivity index (χ1) is 15.6. The average molecular weight is 526 g/mol. The van der Waals surface area contributed by atoms with Crippen LogP contribution in [0.2, 0.25) is 15.1 Å². The van der Waals surface area contributed by atoms with Crippen LogP contribution in [0.25, 0.3) is 0 Å². The summed E-state index contributed by atoms with van der Waals surface area (Å²) in [4.78, 5) is 6.28. The van der Waals surface area contributed by atoms with Crippen molar-refractivity contribution in [1.29, 1.82) is 0 Å². The van der Waals surface area contributed by atoms with Crippen molar-refractivity contribution < 1.29 is 12.8 Å². The topological polar surface area (TPSA) is 88.1 Å². The fourth-order valence-corrected chi connectivity index (χ4v) is 4.87. The maximum absolute atomic E-state index is 13.2. The molecule has 0 fully saturated rings. The van der Waals surface area contributed by atoms with Gasteiger partial charge in [-0.1, -0.05) is 34.8 Å². The van der Waals surface area contributed by atoms with E-state index in [1.54, 1.807) is 42.5 Å². The lowest BCUT2D eigenvalue weighted by molar-refractivity contribution is 0.596. The highest BCUT2D eigenvalue weighted by Gasteiger charge is 2.32. The van der Waals surface area contributed by atoms with Crippen molar-refractivity contribution in [2.45, 2.75) is 10.9 Å². The molecule has 0 amide bonds. The highest BCUT2D eigenvalue weighted by Crippen LogP contribution is 2.30. The van der Waals surface area contributed by atoms with Gasteiger partial charge in [-0.25, -0.2) is 4.39 Å². The average Bonchev–Trinajstić information content (AvgIpc) is 3.19. The Kier molecular flexibility index (Phi) is 6.63. The minimum absolute atomic E-state index is 0.177. The van der Waals surface area contributed by atoms with Crippen LogP contribution in [0.15, 0.2) is 81.0 Å². The molecule has 2 N–H and O–H groups in total. The SMILES string of the molecule is N/C(=N\S(=O)(=O)c1ccc(F)cc1)C1CN(c2ccc(Cl)cc2)C(c2ccc(Cl)cc2Cl)=N1. The first-order valence-corrected chi connectivity index (χ1v) is 12.1. The Morgan fingerprint density at radius 3 is 2.27 bits per heavy atom. The lowest BCUT2D eigenvalue weighted by atomic mass is 10.1. The normalized spacial score (nSPS) is 16.7. The van der Waals surface area contributed by atoms with Crippen LogP contribution in [0.5, 0.6) is 0 Å².